The Balaban J connectivity index is 4.50. The second kappa shape index (κ2) is 10.7. The number of nitrogens with zero attached hydrogens (tertiary/aromatic N) is 1. The molecule has 0 radical (unpaired) electrons. The van der Waals surface area contributed by atoms with Gasteiger partial charge in [0.15, 0.2) is 0 Å². The molecule has 0 aromatic rings. The molecule has 2 atom stereocenters. The summed E-state index contributed by atoms with van der Waals surface area (Å²) in [6.45, 7) is 8.17. The van der Waals surface area contributed by atoms with E-state index in [9.17, 15) is 4.79 Å². The van der Waals surface area contributed by atoms with Crippen LogP contribution in [0.2, 0.25) is 0 Å². The molecule has 3 heteroatoms. The molecule has 0 rings (SSSR count). The molecule has 0 aromatic carbocycles. The van der Waals surface area contributed by atoms with Crippen molar-refractivity contribution in [3.05, 3.63) is 0 Å². The number of nitrogens with one attached hydrogen (secondary N) is 1. The first-order chi connectivity index (χ1) is 9.50. The molecule has 1 unspecified atom stereocenters. The summed E-state index contributed by atoms with van der Waals surface area (Å²) in [5, 5.41) is 11.7. The van der Waals surface area contributed by atoms with Gasteiger partial charge in [-0.3, -0.25) is 4.79 Å². The molecular weight excluding hydrogens is 248 g/mol. The first-order valence-electron chi connectivity index (χ1n) is 8.20. The molecule has 0 aromatic heterocycles. The fourth-order valence-electron chi connectivity index (χ4n) is 2.46. The van der Waals surface area contributed by atoms with E-state index in [1.165, 1.54) is 32.1 Å². The average Bonchev–Trinajstić information content (AvgIpc) is 2.43. The number of hydrogen-bond donors (Lipinski definition) is 1. The summed E-state index contributed by atoms with van der Waals surface area (Å²) in [5.74, 6) is 0.0548. The van der Waals surface area contributed by atoms with E-state index >= 15 is 0 Å². The topological polar surface area (TPSA) is 52.9 Å². The summed E-state index contributed by atoms with van der Waals surface area (Å²) >= 11 is 0. The lowest BCUT2D eigenvalue weighted by Crippen LogP contribution is -2.42. The van der Waals surface area contributed by atoms with Crippen LogP contribution in [-0.2, 0) is 4.79 Å². The molecule has 0 aliphatic carbocycles. The molecule has 1 N–H and O–H groups in total. The predicted molar refractivity (Wildman–Crippen MR) is 84.2 cm³/mol. The molecule has 3 nitrogen and oxygen atoms in total. The van der Waals surface area contributed by atoms with Crippen molar-refractivity contribution in [2.45, 2.75) is 91.5 Å². The molecule has 20 heavy (non-hydrogen) atoms. The SMILES string of the molecule is CCCCCCC(C)(CCCCC)C(=O)N[C@@H](C)C#N. The van der Waals surface area contributed by atoms with Gasteiger partial charge in [0.25, 0.3) is 0 Å². The maximum absolute atomic E-state index is 12.4. The van der Waals surface area contributed by atoms with Crippen LogP contribution in [0, 0.1) is 16.7 Å². The van der Waals surface area contributed by atoms with Gasteiger partial charge in [0, 0.05) is 5.41 Å². The van der Waals surface area contributed by atoms with E-state index in [4.69, 9.17) is 5.26 Å². The Hall–Kier alpha value is -1.04. The number of amides is 1. The summed E-state index contributed by atoms with van der Waals surface area (Å²) < 4.78 is 0. The van der Waals surface area contributed by atoms with Crippen molar-refractivity contribution >= 4 is 5.91 Å². The van der Waals surface area contributed by atoms with E-state index in [2.05, 4.69) is 32.2 Å². The third-order valence-electron chi connectivity index (χ3n) is 4.00. The van der Waals surface area contributed by atoms with Crippen LogP contribution in [0.15, 0.2) is 0 Å². The highest BCUT2D eigenvalue weighted by Crippen LogP contribution is 2.31. The lowest BCUT2D eigenvalue weighted by Gasteiger charge is -2.29. The average molecular weight is 280 g/mol. The Morgan fingerprint density at radius 1 is 1.10 bits per heavy atom. The largest absolute Gasteiger partial charge is 0.340 e. The van der Waals surface area contributed by atoms with Gasteiger partial charge in [0.1, 0.15) is 6.04 Å². The van der Waals surface area contributed by atoms with Gasteiger partial charge >= 0.3 is 0 Å². The fourth-order valence-corrected chi connectivity index (χ4v) is 2.46. The normalized spacial score (nSPS) is 15.2. The molecule has 0 fully saturated rings. The van der Waals surface area contributed by atoms with E-state index < -0.39 is 6.04 Å². The lowest BCUT2D eigenvalue weighted by atomic mass is 9.78. The lowest BCUT2D eigenvalue weighted by molar-refractivity contribution is -0.131. The summed E-state index contributed by atoms with van der Waals surface area (Å²) in [4.78, 5) is 12.4. The van der Waals surface area contributed by atoms with Gasteiger partial charge in [-0.2, -0.15) is 5.26 Å². The van der Waals surface area contributed by atoms with Crippen molar-refractivity contribution < 1.29 is 4.79 Å². The van der Waals surface area contributed by atoms with E-state index in [-0.39, 0.29) is 11.3 Å². The minimum Gasteiger partial charge on any atom is -0.340 e. The van der Waals surface area contributed by atoms with Gasteiger partial charge < -0.3 is 5.32 Å². The number of nitriles is 1. The highest BCUT2D eigenvalue weighted by atomic mass is 16.2. The molecule has 0 bridgehead atoms. The number of carbonyl (C=O) groups excluding carboxylic acids is 1. The zero-order chi connectivity index (χ0) is 15.4. The Morgan fingerprint density at radius 3 is 2.10 bits per heavy atom. The number of unbranched alkanes of at least 4 members (excludes halogenated alkanes) is 5. The van der Waals surface area contributed by atoms with Crippen molar-refractivity contribution in [2.24, 2.45) is 5.41 Å². The Bertz CT molecular complexity index is 309. The minimum atomic E-state index is -0.399. The van der Waals surface area contributed by atoms with Gasteiger partial charge in [-0.25, -0.2) is 0 Å². The van der Waals surface area contributed by atoms with Gasteiger partial charge in [-0.05, 0) is 19.8 Å². The quantitative estimate of drug-likeness (QED) is 0.563. The van der Waals surface area contributed by atoms with E-state index in [0.29, 0.717) is 0 Å². The maximum Gasteiger partial charge on any atom is 0.226 e. The van der Waals surface area contributed by atoms with Crippen LogP contribution < -0.4 is 5.32 Å². The highest BCUT2D eigenvalue weighted by molar-refractivity contribution is 5.82. The van der Waals surface area contributed by atoms with Gasteiger partial charge in [-0.1, -0.05) is 65.7 Å². The van der Waals surface area contributed by atoms with E-state index in [0.717, 1.165) is 25.7 Å². The Morgan fingerprint density at radius 2 is 1.60 bits per heavy atom. The summed E-state index contributed by atoms with van der Waals surface area (Å²) in [6.07, 6.45) is 10.0. The summed E-state index contributed by atoms with van der Waals surface area (Å²) in [5.41, 5.74) is -0.311. The van der Waals surface area contributed by atoms with Crippen LogP contribution in [0.25, 0.3) is 0 Å². The van der Waals surface area contributed by atoms with Crippen LogP contribution in [0.1, 0.15) is 85.5 Å². The van der Waals surface area contributed by atoms with Gasteiger partial charge in [0.2, 0.25) is 5.91 Å². The second-order valence-corrected chi connectivity index (χ2v) is 6.15. The fraction of sp³-hybridized carbons (Fsp3) is 0.882. The van der Waals surface area contributed by atoms with E-state index in [1.54, 1.807) is 6.92 Å². The van der Waals surface area contributed by atoms with E-state index in [1.807, 2.05) is 0 Å². The van der Waals surface area contributed by atoms with Crippen LogP contribution >= 0.6 is 0 Å². The Labute approximate surface area is 125 Å². The number of rotatable bonds is 11. The first kappa shape index (κ1) is 19.0. The molecule has 116 valence electrons. The third kappa shape index (κ3) is 7.53. The van der Waals surface area contributed by atoms with Crippen molar-refractivity contribution in [1.29, 1.82) is 5.26 Å². The smallest absolute Gasteiger partial charge is 0.226 e. The van der Waals surface area contributed by atoms with Crippen LogP contribution in [0.5, 0.6) is 0 Å². The van der Waals surface area contributed by atoms with Crippen molar-refractivity contribution in [3.63, 3.8) is 0 Å². The molecule has 0 spiro atoms. The van der Waals surface area contributed by atoms with Crippen LogP contribution in [0.4, 0.5) is 0 Å². The number of hydrogen-bond acceptors (Lipinski definition) is 2. The standard InChI is InChI=1S/C17H32N2O/c1-5-7-9-11-13-17(4,12-10-8-6-2)16(20)19-15(3)14-18/h15H,5-13H2,1-4H3,(H,19,20)/t15-,17?/m0/s1. The third-order valence-corrected chi connectivity index (χ3v) is 4.00. The molecule has 0 saturated heterocycles. The first-order valence-corrected chi connectivity index (χ1v) is 8.20. The zero-order valence-corrected chi connectivity index (χ0v) is 13.8. The monoisotopic (exact) mass is 280 g/mol. The van der Waals surface area contributed by atoms with Crippen molar-refractivity contribution in [1.82, 2.24) is 5.32 Å². The molecule has 0 aliphatic rings. The Kier molecular flexibility index (Phi) is 10.2. The summed E-state index contributed by atoms with van der Waals surface area (Å²) in [7, 11) is 0. The minimum absolute atomic E-state index is 0.0548. The molecule has 0 aliphatic heterocycles. The zero-order valence-electron chi connectivity index (χ0n) is 13.8. The number of carbonyl (C=O) groups is 1. The van der Waals surface area contributed by atoms with Gasteiger partial charge in [-0.15, -0.1) is 0 Å². The molecular formula is C17H32N2O. The van der Waals surface area contributed by atoms with Crippen LogP contribution in [-0.4, -0.2) is 11.9 Å². The van der Waals surface area contributed by atoms with Crippen molar-refractivity contribution in [3.8, 4) is 6.07 Å². The van der Waals surface area contributed by atoms with Crippen molar-refractivity contribution in [2.75, 3.05) is 0 Å². The van der Waals surface area contributed by atoms with Gasteiger partial charge in [0.05, 0.1) is 6.07 Å². The molecule has 1 amide bonds. The van der Waals surface area contributed by atoms with Crippen LogP contribution in [0.3, 0.4) is 0 Å². The molecule has 0 saturated carbocycles. The molecule has 0 heterocycles. The second-order valence-electron chi connectivity index (χ2n) is 6.15. The predicted octanol–water partition coefficient (Wildman–Crippen LogP) is 4.57. The highest BCUT2D eigenvalue weighted by Gasteiger charge is 2.32. The summed E-state index contributed by atoms with van der Waals surface area (Å²) in [6, 6.07) is 1.68. The maximum atomic E-state index is 12.4.